The number of aromatic nitrogens is 2. The number of hydrogen-bond donors (Lipinski definition) is 0. The van der Waals surface area contributed by atoms with Crippen molar-refractivity contribution in [3.8, 4) is 0 Å². The van der Waals surface area contributed by atoms with Crippen LogP contribution >= 0.6 is 11.6 Å². The number of anilines is 2. The van der Waals surface area contributed by atoms with Gasteiger partial charge in [0.05, 0.1) is 12.7 Å². The van der Waals surface area contributed by atoms with Crippen LogP contribution in [0.3, 0.4) is 0 Å². The highest BCUT2D eigenvalue weighted by Gasteiger charge is 2.33. The molecule has 0 N–H and O–H groups in total. The van der Waals surface area contributed by atoms with Gasteiger partial charge in [0.1, 0.15) is 5.69 Å². The van der Waals surface area contributed by atoms with Gasteiger partial charge in [-0.15, -0.1) is 0 Å². The largest absolute Gasteiger partial charge is 0.381 e. The SMILES string of the molecule is CN1C(=O)CN(C2CCOCC2)c2nc(Cl)ncc21. The van der Waals surface area contributed by atoms with Gasteiger partial charge >= 0.3 is 0 Å². The van der Waals surface area contributed by atoms with Crippen LogP contribution in [0.4, 0.5) is 11.5 Å². The summed E-state index contributed by atoms with van der Waals surface area (Å²) in [4.78, 5) is 23.9. The minimum absolute atomic E-state index is 0.0462. The quantitative estimate of drug-likeness (QED) is 0.722. The number of rotatable bonds is 1. The molecule has 6 nitrogen and oxygen atoms in total. The smallest absolute Gasteiger partial charge is 0.246 e. The highest BCUT2D eigenvalue weighted by atomic mass is 35.5. The highest BCUT2D eigenvalue weighted by Crippen LogP contribution is 2.34. The van der Waals surface area contributed by atoms with Gasteiger partial charge in [0, 0.05) is 26.3 Å². The van der Waals surface area contributed by atoms with E-state index in [1.807, 2.05) is 4.90 Å². The molecule has 0 unspecified atom stereocenters. The van der Waals surface area contributed by atoms with Gasteiger partial charge in [0.2, 0.25) is 11.2 Å². The Hall–Kier alpha value is -1.40. The summed E-state index contributed by atoms with van der Waals surface area (Å²) in [5.74, 6) is 0.791. The maximum absolute atomic E-state index is 12.1. The average Bonchev–Trinajstić information content (AvgIpc) is 2.43. The van der Waals surface area contributed by atoms with Crippen molar-refractivity contribution >= 4 is 29.0 Å². The van der Waals surface area contributed by atoms with E-state index in [0.717, 1.165) is 31.9 Å². The molecule has 1 aromatic heterocycles. The summed E-state index contributed by atoms with van der Waals surface area (Å²) in [7, 11) is 1.74. The molecule has 2 aliphatic rings. The number of amides is 1. The molecule has 0 spiro atoms. The van der Waals surface area contributed by atoms with Crippen molar-refractivity contribution in [2.45, 2.75) is 18.9 Å². The summed E-state index contributed by atoms with van der Waals surface area (Å²) in [6.45, 7) is 1.78. The van der Waals surface area contributed by atoms with Gasteiger partial charge in [-0.25, -0.2) is 4.98 Å². The van der Waals surface area contributed by atoms with E-state index < -0.39 is 0 Å². The van der Waals surface area contributed by atoms with Crippen LogP contribution < -0.4 is 9.80 Å². The van der Waals surface area contributed by atoms with Gasteiger partial charge in [-0.2, -0.15) is 4.98 Å². The number of nitrogens with zero attached hydrogens (tertiary/aromatic N) is 4. The number of hydrogen-bond acceptors (Lipinski definition) is 5. The summed E-state index contributed by atoms with van der Waals surface area (Å²) in [6, 6.07) is 0.274. The molecule has 0 bridgehead atoms. The molecule has 19 heavy (non-hydrogen) atoms. The van der Waals surface area contributed by atoms with Crippen LogP contribution in [0, 0.1) is 0 Å². The van der Waals surface area contributed by atoms with E-state index in [2.05, 4.69) is 9.97 Å². The predicted molar refractivity (Wildman–Crippen MR) is 71.6 cm³/mol. The molecule has 1 fully saturated rings. The van der Waals surface area contributed by atoms with Gasteiger partial charge in [-0.1, -0.05) is 0 Å². The second kappa shape index (κ2) is 4.94. The summed E-state index contributed by atoms with van der Waals surface area (Å²) in [6.07, 6.45) is 3.41. The lowest BCUT2D eigenvalue weighted by Gasteiger charge is -2.40. The standard InChI is InChI=1S/C12H15ClN4O2/c1-16-9-6-14-12(13)15-11(9)17(7-10(16)18)8-2-4-19-5-3-8/h6,8H,2-5,7H2,1H3. The van der Waals surface area contributed by atoms with Crippen molar-refractivity contribution in [1.29, 1.82) is 0 Å². The fourth-order valence-corrected chi connectivity index (χ4v) is 2.68. The number of carbonyl (C=O) groups is 1. The molecular formula is C12H15ClN4O2. The molecule has 1 aromatic rings. The number of halogens is 1. The molecule has 1 amide bonds. The minimum Gasteiger partial charge on any atom is -0.381 e. The molecule has 0 saturated carbocycles. The van der Waals surface area contributed by atoms with Crippen LogP contribution in [0.25, 0.3) is 0 Å². The first-order valence-corrected chi connectivity index (χ1v) is 6.68. The summed E-state index contributed by atoms with van der Waals surface area (Å²) >= 11 is 5.89. The van der Waals surface area contributed by atoms with Gasteiger partial charge < -0.3 is 14.5 Å². The normalized spacial score (nSPS) is 20.6. The average molecular weight is 283 g/mol. The van der Waals surface area contributed by atoms with Crippen LogP contribution in [-0.4, -0.2) is 48.7 Å². The third-order valence-electron chi connectivity index (χ3n) is 3.67. The van der Waals surface area contributed by atoms with Crippen molar-refractivity contribution in [3.05, 3.63) is 11.5 Å². The van der Waals surface area contributed by atoms with Gasteiger partial charge in [0.25, 0.3) is 0 Å². The van der Waals surface area contributed by atoms with E-state index >= 15 is 0 Å². The Kier molecular flexibility index (Phi) is 3.28. The van der Waals surface area contributed by atoms with E-state index in [9.17, 15) is 4.79 Å². The molecule has 102 valence electrons. The Morgan fingerprint density at radius 2 is 2.16 bits per heavy atom. The number of ether oxygens (including phenoxy) is 1. The van der Waals surface area contributed by atoms with Crippen LogP contribution in [-0.2, 0) is 9.53 Å². The fraction of sp³-hybridized carbons (Fsp3) is 0.583. The number of carbonyl (C=O) groups excluding carboxylic acids is 1. The van der Waals surface area contributed by atoms with Crippen molar-refractivity contribution in [1.82, 2.24) is 9.97 Å². The summed E-state index contributed by atoms with van der Waals surface area (Å²) in [5.41, 5.74) is 0.715. The van der Waals surface area contributed by atoms with Gasteiger partial charge in [-0.05, 0) is 24.4 Å². The maximum Gasteiger partial charge on any atom is 0.246 e. The molecule has 2 aliphatic heterocycles. The Morgan fingerprint density at radius 3 is 2.89 bits per heavy atom. The first-order chi connectivity index (χ1) is 9.16. The summed E-state index contributed by atoms with van der Waals surface area (Å²) < 4.78 is 5.37. The Labute approximate surface area is 116 Å². The first-order valence-electron chi connectivity index (χ1n) is 6.30. The van der Waals surface area contributed by atoms with Crippen LogP contribution in [0.15, 0.2) is 6.20 Å². The molecule has 0 atom stereocenters. The highest BCUT2D eigenvalue weighted by molar-refractivity contribution is 6.28. The topological polar surface area (TPSA) is 58.6 Å². The lowest BCUT2D eigenvalue weighted by molar-refractivity contribution is -0.117. The van der Waals surface area contributed by atoms with Crippen molar-refractivity contribution < 1.29 is 9.53 Å². The molecule has 3 rings (SSSR count). The van der Waals surface area contributed by atoms with E-state index in [1.54, 1.807) is 18.1 Å². The molecule has 0 radical (unpaired) electrons. The Morgan fingerprint density at radius 1 is 1.42 bits per heavy atom. The Bertz CT molecular complexity index is 505. The Balaban J connectivity index is 1.99. The maximum atomic E-state index is 12.1. The van der Waals surface area contributed by atoms with Crippen LogP contribution in [0.2, 0.25) is 5.28 Å². The lowest BCUT2D eigenvalue weighted by Crippen LogP contribution is -2.50. The van der Waals surface area contributed by atoms with Crippen molar-refractivity contribution in [3.63, 3.8) is 0 Å². The number of likely N-dealkylation sites (N-methyl/N-ethyl adjacent to an activating group) is 1. The molecule has 7 heteroatoms. The molecule has 0 aromatic carbocycles. The van der Waals surface area contributed by atoms with Crippen molar-refractivity contribution in [2.24, 2.45) is 0 Å². The molecule has 1 saturated heterocycles. The van der Waals surface area contributed by atoms with Crippen molar-refractivity contribution in [2.75, 3.05) is 36.6 Å². The third kappa shape index (κ3) is 2.26. The van der Waals surface area contributed by atoms with Gasteiger partial charge in [0.15, 0.2) is 5.82 Å². The molecule has 0 aliphatic carbocycles. The van der Waals surface area contributed by atoms with Crippen LogP contribution in [0.1, 0.15) is 12.8 Å². The van der Waals surface area contributed by atoms with E-state index in [-0.39, 0.29) is 17.2 Å². The predicted octanol–water partition coefficient (Wildman–Crippen LogP) is 1.09. The van der Waals surface area contributed by atoms with E-state index in [4.69, 9.17) is 16.3 Å². The summed E-state index contributed by atoms with van der Waals surface area (Å²) in [5, 5.41) is 0.207. The second-order valence-corrected chi connectivity index (χ2v) is 5.11. The third-order valence-corrected chi connectivity index (χ3v) is 3.85. The minimum atomic E-state index is 0.0462. The molecule has 3 heterocycles. The van der Waals surface area contributed by atoms with Gasteiger partial charge in [-0.3, -0.25) is 4.79 Å². The fourth-order valence-electron chi connectivity index (χ4n) is 2.55. The van der Waals surface area contributed by atoms with E-state index in [1.165, 1.54) is 0 Å². The zero-order chi connectivity index (χ0) is 13.4. The number of fused-ring (bicyclic) bond motifs is 1. The van der Waals surface area contributed by atoms with Crippen LogP contribution in [0.5, 0.6) is 0 Å². The monoisotopic (exact) mass is 282 g/mol. The zero-order valence-corrected chi connectivity index (χ0v) is 11.4. The van der Waals surface area contributed by atoms with E-state index in [0.29, 0.717) is 12.2 Å². The lowest BCUT2D eigenvalue weighted by atomic mass is 10.1. The molecular weight excluding hydrogens is 268 g/mol. The zero-order valence-electron chi connectivity index (χ0n) is 10.7. The first kappa shape index (κ1) is 12.6. The second-order valence-electron chi connectivity index (χ2n) is 4.77.